The van der Waals surface area contributed by atoms with Crippen LogP contribution in [0.3, 0.4) is 0 Å². The first-order chi connectivity index (χ1) is 10.0. The zero-order valence-corrected chi connectivity index (χ0v) is 12.9. The summed E-state index contributed by atoms with van der Waals surface area (Å²) < 4.78 is 40.9. The lowest BCUT2D eigenvalue weighted by molar-refractivity contribution is 0.350. The van der Waals surface area contributed by atoms with Gasteiger partial charge in [0.05, 0.1) is 10.5 Å². The molecule has 2 N–H and O–H groups in total. The minimum Gasteiger partial charge on any atom is -0.384 e. The minimum absolute atomic E-state index is 0.0667. The summed E-state index contributed by atoms with van der Waals surface area (Å²) in [6.07, 6.45) is 1.57. The van der Waals surface area contributed by atoms with E-state index in [1.807, 2.05) is 0 Å². The lowest BCUT2D eigenvalue weighted by Crippen LogP contribution is -2.37. The fourth-order valence-corrected chi connectivity index (χ4v) is 4.42. The number of hydrogen-bond acceptors (Lipinski definition) is 4. The topological polar surface area (TPSA) is 66.4 Å². The van der Waals surface area contributed by atoms with E-state index in [4.69, 9.17) is 5.11 Å². The van der Waals surface area contributed by atoms with E-state index in [0.29, 0.717) is 0 Å². The third-order valence-electron chi connectivity index (χ3n) is 3.10. The summed E-state index contributed by atoms with van der Waals surface area (Å²) in [6.45, 7) is -0.374. The largest absolute Gasteiger partial charge is 0.384 e. The molecule has 1 saturated heterocycles. The number of nitrogens with one attached hydrogen (secondary N) is 1. The summed E-state index contributed by atoms with van der Waals surface area (Å²) in [5.41, 5.74) is 0.0667. The van der Waals surface area contributed by atoms with Crippen LogP contribution in [0.1, 0.15) is 18.4 Å². The van der Waals surface area contributed by atoms with Gasteiger partial charge in [-0.3, -0.25) is 0 Å². The van der Waals surface area contributed by atoms with Crippen LogP contribution in [-0.2, 0) is 10.0 Å². The van der Waals surface area contributed by atoms with Crippen LogP contribution in [0.15, 0.2) is 23.1 Å². The highest BCUT2D eigenvalue weighted by molar-refractivity contribution is 7.99. The quantitative estimate of drug-likeness (QED) is 0.822. The Labute approximate surface area is 128 Å². The van der Waals surface area contributed by atoms with Crippen molar-refractivity contribution in [3.8, 4) is 11.8 Å². The Bertz CT molecular complexity index is 659. The number of hydrogen-bond donors (Lipinski definition) is 2. The summed E-state index contributed by atoms with van der Waals surface area (Å²) in [5.74, 6) is 5.90. The summed E-state index contributed by atoms with van der Waals surface area (Å²) in [6, 6.07) is 3.50. The van der Waals surface area contributed by atoms with Crippen LogP contribution in [0.5, 0.6) is 0 Å². The van der Waals surface area contributed by atoms with E-state index < -0.39 is 15.8 Å². The van der Waals surface area contributed by atoms with E-state index in [9.17, 15) is 12.8 Å². The third-order valence-corrected chi connectivity index (χ3v) is 5.66. The summed E-state index contributed by atoms with van der Waals surface area (Å²) in [5, 5.41) is 8.58. The second-order valence-corrected chi connectivity index (χ2v) is 7.55. The fourth-order valence-electron chi connectivity index (χ4n) is 2.00. The average molecular weight is 329 g/mol. The second kappa shape index (κ2) is 7.27. The molecule has 114 valence electrons. The maximum absolute atomic E-state index is 13.8. The molecule has 0 radical (unpaired) electrons. The van der Waals surface area contributed by atoms with Crippen molar-refractivity contribution in [2.45, 2.75) is 23.8 Å². The molecule has 0 aromatic heterocycles. The van der Waals surface area contributed by atoms with Gasteiger partial charge in [-0.15, -0.1) is 0 Å². The molecule has 1 aromatic rings. The highest BCUT2D eigenvalue weighted by atomic mass is 32.2. The van der Waals surface area contributed by atoms with Crippen molar-refractivity contribution in [3.63, 3.8) is 0 Å². The maximum Gasteiger partial charge on any atom is 0.240 e. The van der Waals surface area contributed by atoms with Crippen molar-refractivity contribution in [2.75, 3.05) is 18.1 Å². The molecule has 0 saturated carbocycles. The fraction of sp³-hybridized carbons (Fsp3) is 0.429. The van der Waals surface area contributed by atoms with Crippen molar-refractivity contribution in [1.29, 1.82) is 0 Å². The monoisotopic (exact) mass is 329 g/mol. The number of rotatable bonds is 3. The zero-order chi connectivity index (χ0) is 15.3. The van der Waals surface area contributed by atoms with Crippen LogP contribution < -0.4 is 4.72 Å². The van der Waals surface area contributed by atoms with Gasteiger partial charge in [-0.1, -0.05) is 11.8 Å². The molecule has 7 heteroatoms. The minimum atomic E-state index is -3.72. The number of benzene rings is 1. The van der Waals surface area contributed by atoms with Crippen LogP contribution in [0.25, 0.3) is 0 Å². The molecule has 4 nitrogen and oxygen atoms in total. The van der Waals surface area contributed by atoms with E-state index in [1.54, 1.807) is 11.8 Å². The molecule has 0 amide bonds. The van der Waals surface area contributed by atoms with Crippen LogP contribution >= 0.6 is 11.8 Å². The van der Waals surface area contributed by atoms with Gasteiger partial charge in [0.2, 0.25) is 10.0 Å². The molecule has 0 atom stereocenters. The van der Waals surface area contributed by atoms with Gasteiger partial charge in [-0.2, -0.15) is 11.8 Å². The van der Waals surface area contributed by atoms with Crippen molar-refractivity contribution in [3.05, 3.63) is 29.6 Å². The first kappa shape index (κ1) is 16.3. The van der Waals surface area contributed by atoms with Gasteiger partial charge in [0.25, 0.3) is 0 Å². The Morgan fingerprint density at radius 1 is 1.38 bits per heavy atom. The first-order valence-electron chi connectivity index (χ1n) is 6.52. The molecule has 1 fully saturated rings. The Morgan fingerprint density at radius 2 is 2.10 bits per heavy atom. The molecule has 0 aliphatic carbocycles. The molecule has 0 unspecified atom stereocenters. The van der Waals surface area contributed by atoms with Crippen LogP contribution in [-0.4, -0.2) is 37.7 Å². The van der Waals surface area contributed by atoms with E-state index in [0.717, 1.165) is 30.4 Å². The SMILES string of the molecule is O=S(=O)(NC1CCSCC1)c1ccc(C#CCO)c(F)c1. The van der Waals surface area contributed by atoms with Crippen LogP contribution in [0, 0.1) is 17.7 Å². The van der Waals surface area contributed by atoms with Gasteiger partial charge in [0, 0.05) is 6.04 Å². The van der Waals surface area contributed by atoms with Crippen molar-refractivity contribution in [2.24, 2.45) is 0 Å². The molecular weight excluding hydrogens is 313 g/mol. The normalized spacial score (nSPS) is 16.3. The molecule has 21 heavy (non-hydrogen) atoms. The first-order valence-corrected chi connectivity index (χ1v) is 9.16. The number of halogens is 1. The highest BCUT2D eigenvalue weighted by Gasteiger charge is 2.22. The van der Waals surface area contributed by atoms with Gasteiger partial charge in [0.15, 0.2) is 0 Å². The Hall–Kier alpha value is -1.07. The van der Waals surface area contributed by atoms with Crippen LogP contribution in [0.2, 0.25) is 0 Å². The number of aliphatic hydroxyl groups is 1. The van der Waals surface area contributed by atoms with E-state index in [2.05, 4.69) is 16.6 Å². The molecule has 1 heterocycles. The lowest BCUT2D eigenvalue weighted by Gasteiger charge is -2.22. The summed E-state index contributed by atoms with van der Waals surface area (Å²) in [4.78, 5) is -0.104. The summed E-state index contributed by atoms with van der Waals surface area (Å²) >= 11 is 1.80. The Morgan fingerprint density at radius 3 is 2.71 bits per heavy atom. The molecule has 0 bridgehead atoms. The second-order valence-electron chi connectivity index (χ2n) is 4.61. The number of thioether (sulfide) groups is 1. The van der Waals surface area contributed by atoms with E-state index in [1.165, 1.54) is 12.1 Å². The van der Waals surface area contributed by atoms with Crippen molar-refractivity contribution < 1.29 is 17.9 Å². The Balaban J connectivity index is 2.18. The third kappa shape index (κ3) is 4.45. The predicted molar refractivity (Wildman–Crippen MR) is 81.0 cm³/mol. The van der Waals surface area contributed by atoms with E-state index in [-0.39, 0.29) is 23.1 Å². The van der Waals surface area contributed by atoms with Gasteiger partial charge >= 0.3 is 0 Å². The van der Waals surface area contributed by atoms with Gasteiger partial charge in [-0.05, 0) is 42.5 Å². The number of aliphatic hydroxyl groups excluding tert-OH is 1. The van der Waals surface area contributed by atoms with E-state index >= 15 is 0 Å². The molecule has 1 aliphatic rings. The zero-order valence-electron chi connectivity index (χ0n) is 11.3. The maximum atomic E-state index is 13.8. The highest BCUT2D eigenvalue weighted by Crippen LogP contribution is 2.20. The molecular formula is C14H16FNO3S2. The lowest BCUT2D eigenvalue weighted by atomic mass is 10.2. The standard InChI is InChI=1S/C14H16FNO3S2/c15-14-10-13(4-3-11(14)2-1-7-17)21(18,19)16-12-5-8-20-9-6-12/h3-4,10,12,16-17H,5-9H2. The Kier molecular flexibility index (Phi) is 5.65. The molecule has 1 aromatic carbocycles. The van der Waals surface area contributed by atoms with Crippen LogP contribution in [0.4, 0.5) is 4.39 Å². The average Bonchev–Trinajstić information content (AvgIpc) is 2.46. The van der Waals surface area contributed by atoms with Crippen molar-refractivity contribution in [1.82, 2.24) is 4.72 Å². The smallest absolute Gasteiger partial charge is 0.240 e. The van der Waals surface area contributed by atoms with Crippen molar-refractivity contribution >= 4 is 21.8 Å². The molecule has 0 spiro atoms. The van der Waals surface area contributed by atoms with Gasteiger partial charge in [-0.25, -0.2) is 17.5 Å². The molecule has 1 aliphatic heterocycles. The van der Waals surface area contributed by atoms with Gasteiger partial charge in [0.1, 0.15) is 12.4 Å². The predicted octanol–water partition coefficient (Wildman–Crippen LogP) is 1.34. The van der Waals surface area contributed by atoms with Gasteiger partial charge < -0.3 is 5.11 Å². The number of sulfonamides is 1. The molecule has 2 rings (SSSR count). The summed E-state index contributed by atoms with van der Waals surface area (Å²) in [7, 11) is -3.72.